The molecule has 116 valence electrons. The van der Waals surface area contributed by atoms with Gasteiger partial charge in [-0.25, -0.2) is 0 Å². The highest BCUT2D eigenvalue weighted by atomic mass is 32.2. The number of nitrogens with one attached hydrogen (secondary N) is 2. The van der Waals surface area contributed by atoms with E-state index in [1.165, 1.54) is 6.42 Å². The van der Waals surface area contributed by atoms with Crippen molar-refractivity contribution in [3.05, 3.63) is 24.0 Å². The third-order valence-electron chi connectivity index (χ3n) is 3.69. The molecule has 2 atom stereocenters. The molecule has 21 heavy (non-hydrogen) atoms. The van der Waals surface area contributed by atoms with Crippen LogP contribution in [0, 0.1) is 0 Å². The number of aromatic nitrogens is 1. The summed E-state index contributed by atoms with van der Waals surface area (Å²) in [4.78, 5) is 16.5. The second-order valence-corrected chi connectivity index (χ2v) is 6.99. The molecule has 1 aromatic rings. The number of rotatable bonds is 7. The molecule has 1 amide bonds. The average molecular weight is 307 g/mol. The first kappa shape index (κ1) is 16.1. The minimum atomic E-state index is -0.0534. The lowest BCUT2D eigenvalue weighted by Crippen LogP contribution is -2.33. The van der Waals surface area contributed by atoms with E-state index in [-0.39, 0.29) is 5.91 Å². The fraction of sp³-hybridized carbons (Fsp3) is 0.625. The van der Waals surface area contributed by atoms with E-state index in [0.717, 1.165) is 37.2 Å². The molecule has 1 fully saturated rings. The van der Waals surface area contributed by atoms with Crippen molar-refractivity contribution < 1.29 is 4.79 Å². The largest absolute Gasteiger partial charge is 0.385 e. The van der Waals surface area contributed by atoms with E-state index in [1.54, 1.807) is 6.20 Å². The van der Waals surface area contributed by atoms with Crippen molar-refractivity contribution in [1.29, 1.82) is 0 Å². The Morgan fingerprint density at radius 1 is 1.43 bits per heavy atom. The molecule has 1 saturated carbocycles. The van der Waals surface area contributed by atoms with Crippen LogP contribution in [0.15, 0.2) is 18.3 Å². The molecule has 1 aliphatic carbocycles. The smallest absolute Gasteiger partial charge is 0.270 e. The molecule has 0 saturated heterocycles. The second-order valence-electron chi connectivity index (χ2n) is 5.42. The van der Waals surface area contributed by atoms with E-state index in [2.05, 4.69) is 29.5 Å². The second kappa shape index (κ2) is 8.27. The lowest BCUT2D eigenvalue weighted by molar-refractivity contribution is 0.0933. The molecule has 5 heteroatoms. The van der Waals surface area contributed by atoms with Gasteiger partial charge in [-0.2, -0.15) is 11.8 Å². The SMILES string of the molecule is CCCNc1ccnc(C(=O)NC2CCC(SCC)C2)c1. The highest BCUT2D eigenvalue weighted by molar-refractivity contribution is 7.99. The van der Waals surface area contributed by atoms with Gasteiger partial charge < -0.3 is 10.6 Å². The predicted octanol–water partition coefficient (Wildman–Crippen LogP) is 3.31. The highest BCUT2D eigenvalue weighted by Crippen LogP contribution is 2.29. The first-order valence-corrected chi connectivity index (χ1v) is 8.90. The zero-order chi connectivity index (χ0) is 15.1. The summed E-state index contributed by atoms with van der Waals surface area (Å²) >= 11 is 2.00. The van der Waals surface area contributed by atoms with Crippen LogP contribution in [-0.4, -0.2) is 34.5 Å². The quantitative estimate of drug-likeness (QED) is 0.811. The third-order valence-corrected chi connectivity index (χ3v) is 4.93. The summed E-state index contributed by atoms with van der Waals surface area (Å²) in [5, 5.41) is 7.11. The van der Waals surface area contributed by atoms with Gasteiger partial charge in [-0.15, -0.1) is 0 Å². The molecule has 2 N–H and O–H groups in total. The summed E-state index contributed by atoms with van der Waals surface area (Å²) in [6.07, 6.45) is 6.11. The first-order chi connectivity index (χ1) is 10.2. The number of amides is 1. The Morgan fingerprint density at radius 2 is 2.29 bits per heavy atom. The fourth-order valence-electron chi connectivity index (χ4n) is 2.65. The fourth-order valence-corrected chi connectivity index (χ4v) is 3.79. The van der Waals surface area contributed by atoms with Crippen molar-refractivity contribution in [3.63, 3.8) is 0 Å². The number of anilines is 1. The van der Waals surface area contributed by atoms with Crippen molar-refractivity contribution in [2.75, 3.05) is 17.6 Å². The van der Waals surface area contributed by atoms with Crippen molar-refractivity contribution in [3.8, 4) is 0 Å². The zero-order valence-electron chi connectivity index (χ0n) is 12.9. The van der Waals surface area contributed by atoms with Crippen LogP contribution in [0.2, 0.25) is 0 Å². The monoisotopic (exact) mass is 307 g/mol. The molecular weight excluding hydrogens is 282 g/mol. The number of carbonyl (C=O) groups excluding carboxylic acids is 1. The predicted molar refractivity (Wildman–Crippen MR) is 90.0 cm³/mol. The van der Waals surface area contributed by atoms with Gasteiger partial charge in [0.05, 0.1) is 0 Å². The number of hydrogen-bond acceptors (Lipinski definition) is 4. The van der Waals surface area contributed by atoms with Gasteiger partial charge in [0, 0.05) is 29.7 Å². The van der Waals surface area contributed by atoms with E-state index in [4.69, 9.17) is 0 Å². The number of nitrogens with zero attached hydrogens (tertiary/aromatic N) is 1. The van der Waals surface area contributed by atoms with Gasteiger partial charge in [0.15, 0.2) is 0 Å². The summed E-state index contributed by atoms with van der Waals surface area (Å²) in [5.41, 5.74) is 1.46. The molecule has 1 aliphatic rings. The van der Waals surface area contributed by atoms with Gasteiger partial charge in [-0.3, -0.25) is 9.78 Å². The summed E-state index contributed by atoms with van der Waals surface area (Å²) in [7, 11) is 0. The van der Waals surface area contributed by atoms with Crippen LogP contribution in [0.3, 0.4) is 0 Å². The van der Waals surface area contributed by atoms with Gasteiger partial charge in [0.2, 0.25) is 0 Å². The minimum absolute atomic E-state index is 0.0534. The van der Waals surface area contributed by atoms with Crippen molar-refractivity contribution in [1.82, 2.24) is 10.3 Å². The van der Waals surface area contributed by atoms with E-state index in [0.29, 0.717) is 17.0 Å². The van der Waals surface area contributed by atoms with Crippen LogP contribution in [-0.2, 0) is 0 Å². The lowest BCUT2D eigenvalue weighted by Gasteiger charge is -2.13. The van der Waals surface area contributed by atoms with Crippen LogP contribution in [0.5, 0.6) is 0 Å². The van der Waals surface area contributed by atoms with Crippen molar-refractivity contribution >= 4 is 23.4 Å². The van der Waals surface area contributed by atoms with E-state index >= 15 is 0 Å². The summed E-state index contributed by atoms with van der Waals surface area (Å²) in [6, 6.07) is 4.03. The molecule has 0 radical (unpaired) electrons. The van der Waals surface area contributed by atoms with Gasteiger partial charge >= 0.3 is 0 Å². The van der Waals surface area contributed by atoms with Gasteiger partial charge in [0.1, 0.15) is 5.69 Å². The molecule has 2 unspecified atom stereocenters. The normalized spacial score (nSPS) is 21.2. The Hall–Kier alpha value is -1.23. The van der Waals surface area contributed by atoms with E-state index in [9.17, 15) is 4.79 Å². The number of hydrogen-bond donors (Lipinski definition) is 2. The Morgan fingerprint density at radius 3 is 3.05 bits per heavy atom. The number of carbonyl (C=O) groups is 1. The van der Waals surface area contributed by atoms with Gasteiger partial charge in [0.25, 0.3) is 5.91 Å². The molecule has 0 aliphatic heterocycles. The lowest BCUT2D eigenvalue weighted by atomic mass is 10.2. The number of pyridine rings is 1. The van der Waals surface area contributed by atoms with Crippen LogP contribution in [0.4, 0.5) is 5.69 Å². The Labute approximate surface area is 131 Å². The van der Waals surface area contributed by atoms with E-state index < -0.39 is 0 Å². The van der Waals surface area contributed by atoms with Crippen LogP contribution >= 0.6 is 11.8 Å². The summed E-state index contributed by atoms with van der Waals surface area (Å²) in [6.45, 7) is 5.21. The van der Waals surface area contributed by atoms with Crippen LogP contribution < -0.4 is 10.6 Å². The maximum absolute atomic E-state index is 12.3. The zero-order valence-corrected chi connectivity index (χ0v) is 13.7. The average Bonchev–Trinajstić information content (AvgIpc) is 2.93. The Kier molecular flexibility index (Phi) is 6.36. The molecular formula is C16H25N3OS. The highest BCUT2D eigenvalue weighted by Gasteiger charge is 2.26. The Balaban J connectivity index is 1.88. The summed E-state index contributed by atoms with van der Waals surface area (Å²) < 4.78 is 0. The van der Waals surface area contributed by atoms with E-state index in [1.807, 2.05) is 23.9 Å². The first-order valence-electron chi connectivity index (χ1n) is 7.85. The van der Waals surface area contributed by atoms with Crippen LogP contribution in [0.1, 0.15) is 50.0 Å². The van der Waals surface area contributed by atoms with Crippen molar-refractivity contribution in [2.45, 2.75) is 50.8 Å². The molecule has 0 aromatic carbocycles. The molecule has 4 nitrogen and oxygen atoms in total. The Bertz CT molecular complexity index is 467. The standard InChI is InChI=1S/C16H25N3OS/c1-3-8-17-12-7-9-18-15(11-12)16(20)19-13-5-6-14(10-13)21-4-2/h7,9,11,13-14H,3-6,8,10H2,1-2H3,(H,17,18)(H,19,20). The van der Waals surface area contributed by atoms with Gasteiger partial charge in [-0.1, -0.05) is 13.8 Å². The summed E-state index contributed by atoms with van der Waals surface area (Å²) in [5.74, 6) is 1.10. The van der Waals surface area contributed by atoms with Crippen LogP contribution in [0.25, 0.3) is 0 Å². The molecule has 2 rings (SSSR count). The molecule has 1 heterocycles. The number of thioether (sulfide) groups is 1. The maximum Gasteiger partial charge on any atom is 0.270 e. The molecule has 1 aromatic heterocycles. The third kappa shape index (κ3) is 4.92. The van der Waals surface area contributed by atoms with Gasteiger partial charge in [-0.05, 0) is 43.6 Å². The maximum atomic E-state index is 12.3. The molecule has 0 spiro atoms. The topological polar surface area (TPSA) is 54.0 Å². The minimum Gasteiger partial charge on any atom is -0.385 e. The molecule has 0 bridgehead atoms. The van der Waals surface area contributed by atoms with Crippen molar-refractivity contribution in [2.24, 2.45) is 0 Å².